The number of nitrogens with zero attached hydrogens (tertiary/aromatic N) is 2. The van der Waals surface area contributed by atoms with E-state index in [4.69, 9.17) is 0 Å². The van der Waals surface area contributed by atoms with Crippen LogP contribution in [0.4, 0.5) is 5.69 Å². The molecule has 25 heavy (non-hydrogen) atoms. The highest BCUT2D eigenvalue weighted by atomic mass is 32.2. The number of sulfonamides is 1. The molecule has 0 radical (unpaired) electrons. The zero-order chi connectivity index (χ0) is 18.2. The highest BCUT2D eigenvalue weighted by Crippen LogP contribution is 2.27. The number of non-ortho nitro benzene ring substituents is 1. The Morgan fingerprint density at radius 3 is 2.32 bits per heavy atom. The van der Waals surface area contributed by atoms with Gasteiger partial charge in [0, 0.05) is 24.1 Å². The van der Waals surface area contributed by atoms with Crippen molar-refractivity contribution in [3.8, 4) is 0 Å². The van der Waals surface area contributed by atoms with Crippen molar-refractivity contribution >= 4 is 31.3 Å². The third kappa shape index (κ3) is 3.30. The van der Waals surface area contributed by atoms with Crippen LogP contribution in [0, 0.1) is 10.1 Å². The van der Waals surface area contributed by atoms with E-state index in [0.29, 0.717) is 0 Å². The summed E-state index contributed by atoms with van der Waals surface area (Å²) in [4.78, 5) is 9.87. The maximum Gasteiger partial charge on any atom is 0.282 e. The van der Waals surface area contributed by atoms with Crippen LogP contribution in [0.1, 0.15) is 12.0 Å². The van der Waals surface area contributed by atoms with E-state index in [1.807, 2.05) is 0 Å². The van der Waals surface area contributed by atoms with Gasteiger partial charge in [-0.2, -0.15) is 12.8 Å². The molecule has 0 amide bonds. The van der Waals surface area contributed by atoms with Crippen LogP contribution in [0.3, 0.4) is 0 Å². The summed E-state index contributed by atoms with van der Waals surface area (Å²) in [6.45, 7) is 0. The van der Waals surface area contributed by atoms with E-state index in [-0.39, 0.29) is 38.9 Å². The molecule has 2 aromatic rings. The second-order valence-corrected chi connectivity index (χ2v) is 9.01. The Morgan fingerprint density at radius 1 is 1.04 bits per heavy atom. The van der Waals surface area contributed by atoms with Gasteiger partial charge in [0.25, 0.3) is 15.7 Å². The van der Waals surface area contributed by atoms with Gasteiger partial charge in [0.2, 0.25) is 0 Å². The predicted octanol–water partition coefficient (Wildman–Crippen LogP) is 1.95. The molecule has 8 nitrogen and oxygen atoms in total. The van der Waals surface area contributed by atoms with Crippen LogP contribution >= 0.6 is 0 Å². The second-order valence-electron chi connectivity index (χ2n) is 5.33. The third-order valence-electron chi connectivity index (χ3n) is 3.72. The molecule has 0 aromatic heterocycles. The molecular formula is C15H12N2O6S2. The molecule has 0 N–H and O–H groups in total. The molecule has 0 aliphatic carbocycles. The van der Waals surface area contributed by atoms with Crippen molar-refractivity contribution in [3.05, 3.63) is 64.2 Å². The van der Waals surface area contributed by atoms with Crippen LogP contribution in [-0.2, 0) is 19.9 Å². The van der Waals surface area contributed by atoms with Gasteiger partial charge in [0.1, 0.15) is 0 Å². The predicted molar refractivity (Wildman–Crippen MR) is 89.9 cm³/mol. The molecule has 0 saturated heterocycles. The molecule has 0 bridgehead atoms. The quantitative estimate of drug-likeness (QED) is 0.592. The highest BCUT2D eigenvalue weighted by Gasteiger charge is 2.28. The minimum atomic E-state index is -4.11. The first-order valence-electron chi connectivity index (χ1n) is 7.11. The van der Waals surface area contributed by atoms with Gasteiger partial charge in [-0.05, 0) is 18.2 Å². The monoisotopic (exact) mass is 380 g/mol. The maximum atomic E-state index is 12.4. The van der Waals surface area contributed by atoms with Crippen molar-refractivity contribution < 1.29 is 21.8 Å². The lowest BCUT2D eigenvalue weighted by Gasteiger charge is -2.17. The smallest absolute Gasteiger partial charge is 0.258 e. The van der Waals surface area contributed by atoms with E-state index in [9.17, 15) is 26.9 Å². The Balaban J connectivity index is 2.07. The van der Waals surface area contributed by atoms with E-state index in [2.05, 4.69) is 4.40 Å². The standard InChI is InChI=1S/C15H12N2O6S2/c18-17(19)11-5-7-12(8-6-11)25(22,23)16-14-9-10-24(20,21)15-4-2-1-3-13(14)15/h1-8H,9-10H2/b16-14+. The van der Waals surface area contributed by atoms with Crippen molar-refractivity contribution in [2.24, 2.45) is 4.40 Å². The summed E-state index contributed by atoms with van der Waals surface area (Å²) in [6, 6.07) is 10.4. The van der Waals surface area contributed by atoms with Crippen LogP contribution in [0.5, 0.6) is 0 Å². The molecule has 130 valence electrons. The van der Waals surface area contributed by atoms with Gasteiger partial charge < -0.3 is 0 Å². The number of nitro benzene ring substituents is 1. The number of fused-ring (bicyclic) bond motifs is 1. The molecule has 0 saturated carbocycles. The molecule has 10 heteroatoms. The van der Waals surface area contributed by atoms with Gasteiger partial charge in [-0.3, -0.25) is 10.1 Å². The fourth-order valence-electron chi connectivity index (χ4n) is 2.48. The van der Waals surface area contributed by atoms with Crippen molar-refractivity contribution in [2.75, 3.05) is 5.75 Å². The third-order valence-corrected chi connectivity index (χ3v) is 6.81. The summed E-state index contributed by atoms with van der Waals surface area (Å²) in [6.07, 6.45) is -0.0223. The van der Waals surface area contributed by atoms with Crippen LogP contribution in [-0.4, -0.2) is 33.2 Å². The molecule has 2 aromatic carbocycles. The Hall–Kier alpha value is -2.59. The minimum Gasteiger partial charge on any atom is -0.258 e. The zero-order valence-electron chi connectivity index (χ0n) is 12.7. The van der Waals surface area contributed by atoms with Crippen LogP contribution < -0.4 is 0 Å². The van der Waals surface area contributed by atoms with Gasteiger partial charge in [0.05, 0.1) is 26.2 Å². The lowest BCUT2D eigenvalue weighted by molar-refractivity contribution is -0.384. The summed E-state index contributed by atoms with van der Waals surface area (Å²) in [7, 11) is -7.57. The summed E-state index contributed by atoms with van der Waals surface area (Å²) in [5, 5.41) is 10.6. The zero-order valence-corrected chi connectivity index (χ0v) is 14.3. The molecule has 1 aliphatic heterocycles. The highest BCUT2D eigenvalue weighted by molar-refractivity contribution is 7.91. The Labute approximate surface area is 144 Å². The van der Waals surface area contributed by atoms with E-state index < -0.39 is 24.8 Å². The molecule has 1 aliphatic rings. The van der Waals surface area contributed by atoms with Crippen LogP contribution in [0.15, 0.2) is 62.7 Å². The number of sulfone groups is 1. The minimum absolute atomic E-state index is 0.0223. The normalized spacial score (nSPS) is 17.8. The molecule has 0 spiro atoms. The Bertz CT molecular complexity index is 1090. The average Bonchev–Trinajstić information content (AvgIpc) is 2.58. The molecule has 0 atom stereocenters. The van der Waals surface area contributed by atoms with Crippen molar-refractivity contribution in [2.45, 2.75) is 16.2 Å². The first-order chi connectivity index (χ1) is 11.7. The van der Waals surface area contributed by atoms with E-state index in [1.54, 1.807) is 12.1 Å². The summed E-state index contributed by atoms with van der Waals surface area (Å²) in [5.41, 5.74) is 0.184. The van der Waals surface area contributed by atoms with E-state index >= 15 is 0 Å². The second kappa shape index (κ2) is 6.05. The van der Waals surface area contributed by atoms with Gasteiger partial charge in [0.15, 0.2) is 9.84 Å². The van der Waals surface area contributed by atoms with E-state index in [1.165, 1.54) is 12.1 Å². The number of benzene rings is 2. The molecule has 0 fully saturated rings. The van der Waals surface area contributed by atoms with E-state index in [0.717, 1.165) is 24.3 Å². The fraction of sp³-hybridized carbons (Fsp3) is 0.133. The lowest BCUT2D eigenvalue weighted by atomic mass is 10.1. The molecular weight excluding hydrogens is 368 g/mol. The Kier molecular flexibility index (Phi) is 4.17. The SMILES string of the molecule is O=[N+]([O-])c1ccc(S(=O)(=O)/N=C2\CCS(=O)(=O)c3ccccc32)cc1. The fourth-order valence-corrected chi connectivity index (χ4v) is 5.04. The number of nitro groups is 1. The number of rotatable bonds is 3. The molecule has 0 unspecified atom stereocenters. The van der Waals surface area contributed by atoms with Crippen LogP contribution in [0.25, 0.3) is 0 Å². The van der Waals surface area contributed by atoms with Gasteiger partial charge >= 0.3 is 0 Å². The van der Waals surface area contributed by atoms with Crippen LogP contribution in [0.2, 0.25) is 0 Å². The lowest BCUT2D eigenvalue weighted by Crippen LogP contribution is -2.22. The summed E-state index contributed by atoms with van der Waals surface area (Å²) >= 11 is 0. The Morgan fingerprint density at radius 2 is 1.68 bits per heavy atom. The van der Waals surface area contributed by atoms with Crippen molar-refractivity contribution in [1.29, 1.82) is 0 Å². The van der Waals surface area contributed by atoms with Crippen molar-refractivity contribution in [3.63, 3.8) is 0 Å². The molecule has 3 rings (SSSR count). The first kappa shape index (κ1) is 17.2. The summed E-state index contributed by atoms with van der Waals surface area (Å²) in [5.74, 6) is -0.224. The number of hydrogen-bond donors (Lipinski definition) is 0. The maximum absolute atomic E-state index is 12.4. The average molecular weight is 380 g/mol. The van der Waals surface area contributed by atoms with Gasteiger partial charge in [-0.25, -0.2) is 8.42 Å². The number of hydrogen-bond acceptors (Lipinski definition) is 6. The van der Waals surface area contributed by atoms with Crippen molar-refractivity contribution in [1.82, 2.24) is 0 Å². The molecule has 1 heterocycles. The topological polar surface area (TPSA) is 124 Å². The first-order valence-corrected chi connectivity index (χ1v) is 10.2. The summed E-state index contributed by atoms with van der Waals surface area (Å²) < 4.78 is 52.8. The van der Waals surface area contributed by atoms with Gasteiger partial charge in [-0.1, -0.05) is 18.2 Å². The largest absolute Gasteiger partial charge is 0.282 e. The van der Waals surface area contributed by atoms with Gasteiger partial charge in [-0.15, -0.1) is 0 Å².